The summed E-state index contributed by atoms with van der Waals surface area (Å²) in [5.74, 6) is -0.254. The van der Waals surface area contributed by atoms with Gasteiger partial charge in [-0.1, -0.05) is 110 Å². The first-order valence-corrected chi connectivity index (χ1v) is 27.5. The van der Waals surface area contributed by atoms with Crippen LogP contribution in [-0.4, -0.2) is 123 Å². The fourth-order valence-corrected chi connectivity index (χ4v) is 10.4. The Hall–Kier alpha value is -2.44. The van der Waals surface area contributed by atoms with E-state index in [0.717, 1.165) is 54.2 Å². The Morgan fingerprint density at radius 3 is 2.21 bits per heavy atom. The molecule has 1 aliphatic rings. The zero-order valence-electron chi connectivity index (χ0n) is 37.8. The van der Waals surface area contributed by atoms with Crippen LogP contribution >= 0.6 is 35.2 Å². The van der Waals surface area contributed by atoms with Crippen molar-refractivity contribution in [2.24, 2.45) is 11.3 Å². The van der Waals surface area contributed by atoms with E-state index in [1.165, 1.54) is 71.6 Å². The van der Waals surface area contributed by atoms with Crippen LogP contribution in [0.3, 0.4) is 0 Å². The molecule has 8 atom stereocenters. The molecule has 1 saturated heterocycles. The quantitative estimate of drug-likeness (QED) is 0.0353. The van der Waals surface area contributed by atoms with Gasteiger partial charge >= 0.3 is 23.5 Å². The molecule has 3 heterocycles. The Bertz CT molecular complexity index is 2000. The van der Waals surface area contributed by atoms with Gasteiger partial charge in [0, 0.05) is 37.1 Å². The van der Waals surface area contributed by atoms with Crippen LogP contribution in [0.2, 0.25) is 0 Å². The van der Waals surface area contributed by atoms with Gasteiger partial charge in [-0.05, 0) is 12.3 Å². The van der Waals surface area contributed by atoms with E-state index in [-0.39, 0.29) is 41.6 Å². The molecule has 3 rings (SSSR count). The maximum absolute atomic E-state index is 12.7. The third-order valence-corrected chi connectivity index (χ3v) is 14.7. The van der Waals surface area contributed by atoms with Gasteiger partial charge in [0.25, 0.3) is 0 Å². The topological polar surface area (TPSA) is 364 Å². The van der Waals surface area contributed by atoms with Crippen LogP contribution in [0, 0.1) is 11.3 Å². The lowest BCUT2D eigenvalue weighted by atomic mass is 9.87. The number of anilines is 1. The molecule has 2 amide bonds. The van der Waals surface area contributed by atoms with Gasteiger partial charge in [0.2, 0.25) is 11.8 Å². The van der Waals surface area contributed by atoms with Crippen LogP contribution in [0.4, 0.5) is 5.82 Å². The molecule has 2 aromatic heterocycles. The summed E-state index contributed by atoms with van der Waals surface area (Å²) >= 11 is 1.15. The first kappa shape index (κ1) is 57.9. The van der Waals surface area contributed by atoms with E-state index in [2.05, 4.69) is 48.3 Å². The van der Waals surface area contributed by atoms with E-state index in [1.807, 2.05) is 0 Å². The van der Waals surface area contributed by atoms with E-state index in [0.29, 0.717) is 12.2 Å². The number of phosphoric acid groups is 3. The number of hydrogen-bond acceptors (Lipinski definition) is 18. The molecule has 10 N–H and O–H groups in total. The van der Waals surface area contributed by atoms with Crippen LogP contribution in [0.15, 0.2) is 12.7 Å². The fraction of sp³-hybridized carbons (Fsp3) is 0.789. The summed E-state index contributed by atoms with van der Waals surface area (Å²) in [4.78, 5) is 88.4. The number of nitrogens with one attached hydrogen (secondary N) is 2. The molecule has 0 saturated carbocycles. The second kappa shape index (κ2) is 27.7. The lowest BCUT2D eigenvalue weighted by molar-refractivity contribution is -0.137. The van der Waals surface area contributed by atoms with Gasteiger partial charge in [-0.2, -0.15) is 4.31 Å². The Kier molecular flexibility index (Phi) is 24.3. The first-order valence-electron chi connectivity index (χ1n) is 22.0. The number of thioether (sulfide) groups is 1. The fourth-order valence-electron chi connectivity index (χ4n) is 6.90. The largest absolute Gasteiger partial charge is 0.481 e. The SMILES string of the molecule is CCCCCCCC(C)CCCCCCCC(=O)SCCNC(=O)CCNC(=O)C(O)C(C)(C)COP(=O)(O)OP(=O)(O)OCC1OC(n2cnc3c(N)ncnc32)C(O)C1OP(=O)(O)O. The van der Waals surface area contributed by atoms with Crippen LogP contribution in [0.25, 0.3) is 11.2 Å². The van der Waals surface area contributed by atoms with Gasteiger partial charge in [0.1, 0.15) is 36.3 Å². The number of carbonyl (C=O) groups excluding carboxylic acids is 3. The summed E-state index contributed by atoms with van der Waals surface area (Å²) in [7, 11) is -16.4. The van der Waals surface area contributed by atoms with E-state index in [9.17, 15) is 57.9 Å². The summed E-state index contributed by atoms with van der Waals surface area (Å²) in [5, 5.41) is 26.7. The van der Waals surface area contributed by atoms with Crippen molar-refractivity contribution < 1.29 is 80.5 Å². The highest BCUT2D eigenvalue weighted by atomic mass is 32.2. The lowest BCUT2D eigenvalue weighted by Gasteiger charge is -2.30. The van der Waals surface area contributed by atoms with Crippen molar-refractivity contribution in [3.8, 4) is 0 Å². The number of rotatable bonds is 33. The second-order valence-corrected chi connectivity index (χ2v) is 22.3. The number of fused-ring (bicyclic) bond motifs is 1. The number of aliphatic hydroxyl groups excluding tert-OH is 2. The van der Waals surface area contributed by atoms with Crippen molar-refractivity contribution in [1.29, 1.82) is 0 Å². The number of imidazole rings is 1. The standard InChI is InChI=1S/C38H68N7O17P3S/c1-5-6-7-9-12-15-26(2)16-13-10-8-11-14-17-29(47)66-21-20-40-28(46)18-19-41-36(50)33(49)38(3,4)23-59-65(56,57)62-64(54,55)58-22-27-32(61-63(51,52)53)31(48)37(60-27)45-25-44-30-34(39)42-24-43-35(30)45/h24-27,31-33,37,48-49H,5-23H2,1-4H3,(H,40,46)(H,41,50)(H,54,55)(H,56,57)(H2,39,42,43)(H2,51,52,53). The number of unbranched alkanes of at least 4 members (excludes halogenated alkanes) is 8. The Morgan fingerprint density at radius 1 is 0.909 bits per heavy atom. The molecule has 378 valence electrons. The van der Waals surface area contributed by atoms with E-state index in [1.54, 1.807) is 0 Å². The van der Waals surface area contributed by atoms with E-state index in [4.69, 9.17) is 19.5 Å². The molecule has 24 nitrogen and oxygen atoms in total. The molecule has 0 bridgehead atoms. The number of phosphoric ester groups is 3. The number of carbonyl (C=O) groups is 3. The highest BCUT2D eigenvalue weighted by Crippen LogP contribution is 2.61. The van der Waals surface area contributed by atoms with Crippen molar-refractivity contribution in [2.75, 3.05) is 37.8 Å². The monoisotopic (exact) mass is 1020 g/mol. The number of nitrogen functional groups attached to an aromatic ring is 1. The number of nitrogens with two attached hydrogens (primary N) is 1. The number of amides is 2. The van der Waals surface area contributed by atoms with Crippen molar-refractivity contribution in [1.82, 2.24) is 30.2 Å². The number of ether oxygens (including phenoxy) is 1. The van der Waals surface area contributed by atoms with Crippen molar-refractivity contribution in [2.45, 2.75) is 148 Å². The van der Waals surface area contributed by atoms with Crippen LogP contribution in [0.5, 0.6) is 0 Å². The molecule has 28 heteroatoms. The van der Waals surface area contributed by atoms with Crippen molar-refractivity contribution in [3.63, 3.8) is 0 Å². The maximum atomic E-state index is 12.7. The third kappa shape index (κ3) is 20.7. The summed E-state index contributed by atoms with van der Waals surface area (Å²) in [6.07, 6.45) is 8.11. The smallest absolute Gasteiger partial charge is 0.386 e. The first-order chi connectivity index (χ1) is 30.9. The van der Waals surface area contributed by atoms with Crippen LogP contribution in [0.1, 0.15) is 124 Å². The normalized spacial score (nSPS) is 20.7. The Labute approximate surface area is 388 Å². The molecule has 2 aromatic rings. The molecule has 1 fully saturated rings. The number of nitrogens with zero attached hydrogens (tertiary/aromatic N) is 4. The molecular formula is C38H68N7O17P3S. The minimum atomic E-state index is -5.57. The zero-order valence-corrected chi connectivity index (χ0v) is 41.3. The zero-order chi connectivity index (χ0) is 49.1. The van der Waals surface area contributed by atoms with Gasteiger partial charge in [-0.25, -0.2) is 28.6 Å². The lowest BCUT2D eigenvalue weighted by Crippen LogP contribution is -2.46. The average molecular weight is 1020 g/mol. The summed E-state index contributed by atoms with van der Waals surface area (Å²) in [6, 6.07) is 0. The van der Waals surface area contributed by atoms with Gasteiger partial charge < -0.3 is 50.9 Å². The second-order valence-electron chi connectivity index (χ2n) is 16.9. The Morgan fingerprint density at radius 2 is 1.55 bits per heavy atom. The molecular weight excluding hydrogens is 951 g/mol. The van der Waals surface area contributed by atoms with Crippen LogP contribution in [-0.2, 0) is 50.7 Å². The summed E-state index contributed by atoms with van der Waals surface area (Å²) in [5.41, 5.74) is 4.29. The van der Waals surface area contributed by atoms with Crippen LogP contribution < -0.4 is 16.4 Å². The van der Waals surface area contributed by atoms with Gasteiger partial charge in [-0.3, -0.25) is 32.5 Å². The van der Waals surface area contributed by atoms with Crippen molar-refractivity contribution >= 4 is 69.1 Å². The van der Waals surface area contributed by atoms with Crippen molar-refractivity contribution in [3.05, 3.63) is 12.7 Å². The molecule has 0 aromatic carbocycles. The molecule has 0 aliphatic carbocycles. The number of aliphatic hydroxyl groups is 2. The number of hydrogen-bond donors (Lipinski definition) is 9. The minimum Gasteiger partial charge on any atom is -0.386 e. The van der Waals surface area contributed by atoms with E-state index >= 15 is 0 Å². The highest BCUT2D eigenvalue weighted by Gasteiger charge is 2.50. The molecule has 0 spiro atoms. The molecule has 66 heavy (non-hydrogen) atoms. The highest BCUT2D eigenvalue weighted by molar-refractivity contribution is 8.13. The summed E-state index contributed by atoms with van der Waals surface area (Å²) < 4.78 is 62.4. The predicted molar refractivity (Wildman–Crippen MR) is 242 cm³/mol. The van der Waals surface area contributed by atoms with Gasteiger partial charge in [0.05, 0.1) is 19.5 Å². The van der Waals surface area contributed by atoms with Gasteiger partial charge in [-0.15, -0.1) is 0 Å². The van der Waals surface area contributed by atoms with Gasteiger partial charge in [0.15, 0.2) is 22.8 Å². The molecule has 8 unspecified atom stereocenters. The molecule has 0 radical (unpaired) electrons. The maximum Gasteiger partial charge on any atom is 0.481 e. The van der Waals surface area contributed by atoms with E-state index < -0.39 is 84.6 Å². The average Bonchev–Trinajstić information content (AvgIpc) is 3.80. The number of aromatic nitrogens is 4. The summed E-state index contributed by atoms with van der Waals surface area (Å²) in [6.45, 7) is 5.15. The predicted octanol–water partition coefficient (Wildman–Crippen LogP) is 4.39. The third-order valence-electron chi connectivity index (χ3n) is 10.6. The minimum absolute atomic E-state index is 0.0336. The molecule has 1 aliphatic heterocycles. The Balaban J connectivity index is 1.32.